The largest absolute Gasteiger partial charge is 0.383 e. The number of rotatable bonds is 0. The zero-order valence-corrected chi connectivity index (χ0v) is 7.67. The van der Waals surface area contributed by atoms with Crippen LogP contribution in [-0.4, -0.2) is 6.54 Å². The van der Waals surface area contributed by atoms with Crippen LogP contribution in [0.3, 0.4) is 0 Å². The Hall–Kier alpha value is -1.49. The van der Waals surface area contributed by atoms with Crippen molar-refractivity contribution in [3.8, 4) is 6.07 Å². The molecule has 0 saturated carbocycles. The first-order valence-corrected chi connectivity index (χ1v) is 4.52. The van der Waals surface area contributed by atoms with Crippen molar-refractivity contribution in [3.63, 3.8) is 0 Å². The van der Waals surface area contributed by atoms with Crippen molar-refractivity contribution in [1.29, 1.82) is 5.26 Å². The SMILES string of the molecule is Cc1ccc2c(c1)NCC(C#N)C2. The van der Waals surface area contributed by atoms with E-state index < -0.39 is 0 Å². The van der Waals surface area contributed by atoms with Crippen molar-refractivity contribution in [3.05, 3.63) is 29.3 Å². The number of aryl methyl sites for hydroxylation is 1. The van der Waals surface area contributed by atoms with Crippen molar-refractivity contribution in [2.75, 3.05) is 11.9 Å². The lowest BCUT2D eigenvalue weighted by atomic mass is 9.94. The molecule has 1 N–H and O–H groups in total. The topological polar surface area (TPSA) is 35.8 Å². The molecule has 1 aromatic carbocycles. The molecule has 1 heterocycles. The summed E-state index contributed by atoms with van der Waals surface area (Å²) in [6, 6.07) is 8.65. The molecule has 0 spiro atoms. The van der Waals surface area contributed by atoms with Gasteiger partial charge in [0.25, 0.3) is 0 Å². The molecule has 13 heavy (non-hydrogen) atoms. The van der Waals surface area contributed by atoms with Crippen LogP contribution in [0.15, 0.2) is 18.2 Å². The standard InChI is InChI=1S/C11H12N2/c1-8-2-3-10-5-9(6-12)7-13-11(10)4-8/h2-4,9,13H,5,7H2,1H3. The summed E-state index contributed by atoms with van der Waals surface area (Å²) in [5, 5.41) is 12.1. The Bertz CT molecular complexity index is 363. The van der Waals surface area contributed by atoms with Crippen molar-refractivity contribution in [1.82, 2.24) is 0 Å². The molecule has 1 unspecified atom stereocenters. The maximum Gasteiger partial charge on any atom is 0.0677 e. The molecule has 0 amide bonds. The highest BCUT2D eigenvalue weighted by Gasteiger charge is 2.16. The number of anilines is 1. The van der Waals surface area contributed by atoms with Gasteiger partial charge in [0.15, 0.2) is 0 Å². The van der Waals surface area contributed by atoms with E-state index in [-0.39, 0.29) is 5.92 Å². The lowest BCUT2D eigenvalue weighted by Gasteiger charge is -2.21. The number of hydrogen-bond acceptors (Lipinski definition) is 2. The fourth-order valence-electron chi connectivity index (χ4n) is 1.69. The zero-order chi connectivity index (χ0) is 9.26. The van der Waals surface area contributed by atoms with E-state index in [9.17, 15) is 0 Å². The number of nitrogens with one attached hydrogen (secondary N) is 1. The van der Waals surface area contributed by atoms with Gasteiger partial charge in [-0.05, 0) is 30.5 Å². The Kier molecular flexibility index (Phi) is 1.94. The van der Waals surface area contributed by atoms with Gasteiger partial charge in [0.05, 0.1) is 12.0 Å². The Morgan fingerprint density at radius 3 is 3.15 bits per heavy atom. The summed E-state index contributed by atoms with van der Waals surface area (Å²) in [6.07, 6.45) is 0.888. The van der Waals surface area contributed by atoms with E-state index in [0.29, 0.717) is 0 Å². The summed E-state index contributed by atoms with van der Waals surface area (Å²) in [7, 11) is 0. The molecule has 66 valence electrons. The Labute approximate surface area is 78.2 Å². The van der Waals surface area contributed by atoms with E-state index in [4.69, 9.17) is 5.26 Å². The van der Waals surface area contributed by atoms with Gasteiger partial charge < -0.3 is 5.32 Å². The summed E-state index contributed by atoms with van der Waals surface area (Å²) in [6.45, 7) is 2.87. The van der Waals surface area contributed by atoms with E-state index in [1.54, 1.807) is 0 Å². The summed E-state index contributed by atoms with van der Waals surface area (Å²) in [5.74, 6) is 0.134. The highest BCUT2D eigenvalue weighted by molar-refractivity contribution is 5.55. The summed E-state index contributed by atoms with van der Waals surface area (Å²) < 4.78 is 0. The number of fused-ring (bicyclic) bond motifs is 1. The van der Waals surface area contributed by atoms with Crippen LogP contribution < -0.4 is 5.32 Å². The van der Waals surface area contributed by atoms with Gasteiger partial charge in [0.1, 0.15) is 0 Å². The van der Waals surface area contributed by atoms with Crippen molar-refractivity contribution < 1.29 is 0 Å². The average molecular weight is 172 g/mol. The number of hydrogen-bond donors (Lipinski definition) is 1. The van der Waals surface area contributed by atoms with Gasteiger partial charge in [0.2, 0.25) is 0 Å². The third-order valence-electron chi connectivity index (χ3n) is 2.45. The molecule has 2 nitrogen and oxygen atoms in total. The minimum atomic E-state index is 0.134. The second kappa shape index (κ2) is 3.10. The normalized spacial score (nSPS) is 19.8. The average Bonchev–Trinajstić information content (AvgIpc) is 2.17. The summed E-state index contributed by atoms with van der Waals surface area (Å²) >= 11 is 0. The zero-order valence-electron chi connectivity index (χ0n) is 7.67. The minimum Gasteiger partial charge on any atom is -0.383 e. The molecule has 0 aliphatic carbocycles. The smallest absolute Gasteiger partial charge is 0.0677 e. The molecule has 0 bridgehead atoms. The molecule has 0 radical (unpaired) electrons. The summed E-state index contributed by atoms with van der Waals surface area (Å²) in [4.78, 5) is 0. The number of nitrogens with zero attached hydrogens (tertiary/aromatic N) is 1. The highest BCUT2D eigenvalue weighted by atomic mass is 14.9. The molecule has 0 aromatic heterocycles. The molecule has 1 aliphatic rings. The first-order chi connectivity index (χ1) is 6.29. The fourth-order valence-corrected chi connectivity index (χ4v) is 1.69. The molecular weight excluding hydrogens is 160 g/mol. The van der Waals surface area contributed by atoms with E-state index in [1.807, 2.05) is 0 Å². The molecule has 2 heteroatoms. The molecule has 1 atom stereocenters. The van der Waals surface area contributed by atoms with E-state index >= 15 is 0 Å². The second-order valence-electron chi connectivity index (χ2n) is 3.57. The predicted octanol–water partition coefficient (Wildman–Crippen LogP) is 2.10. The molecule has 1 aromatic rings. The third-order valence-corrected chi connectivity index (χ3v) is 2.45. The Morgan fingerprint density at radius 2 is 2.38 bits per heavy atom. The van der Waals surface area contributed by atoms with Crippen LogP contribution in [0.2, 0.25) is 0 Å². The summed E-state index contributed by atoms with van der Waals surface area (Å²) in [5.41, 5.74) is 3.73. The Morgan fingerprint density at radius 1 is 1.54 bits per heavy atom. The van der Waals surface area contributed by atoms with Crippen LogP contribution in [0.4, 0.5) is 5.69 Å². The molecule has 1 aliphatic heterocycles. The first-order valence-electron chi connectivity index (χ1n) is 4.52. The van der Waals surface area contributed by atoms with Gasteiger partial charge >= 0.3 is 0 Å². The minimum absolute atomic E-state index is 0.134. The van der Waals surface area contributed by atoms with Gasteiger partial charge in [-0.2, -0.15) is 5.26 Å². The van der Waals surface area contributed by atoms with E-state index in [2.05, 4.69) is 36.5 Å². The van der Waals surface area contributed by atoms with Gasteiger partial charge in [-0.25, -0.2) is 0 Å². The van der Waals surface area contributed by atoms with Crippen LogP contribution in [0, 0.1) is 24.2 Å². The van der Waals surface area contributed by atoms with Gasteiger partial charge in [-0.1, -0.05) is 12.1 Å². The predicted molar refractivity (Wildman–Crippen MR) is 52.5 cm³/mol. The van der Waals surface area contributed by atoms with Crippen molar-refractivity contribution in [2.45, 2.75) is 13.3 Å². The van der Waals surface area contributed by atoms with Crippen molar-refractivity contribution >= 4 is 5.69 Å². The van der Waals surface area contributed by atoms with Gasteiger partial charge in [-0.15, -0.1) is 0 Å². The molecule has 0 fully saturated rings. The lowest BCUT2D eigenvalue weighted by molar-refractivity contribution is 0.674. The van der Waals surface area contributed by atoms with Gasteiger partial charge in [-0.3, -0.25) is 0 Å². The quantitative estimate of drug-likeness (QED) is 0.650. The highest BCUT2D eigenvalue weighted by Crippen LogP contribution is 2.25. The Balaban J connectivity index is 2.32. The van der Waals surface area contributed by atoms with E-state index in [0.717, 1.165) is 13.0 Å². The van der Waals surface area contributed by atoms with Gasteiger partial charge in [0, 0.05) is 12.2 Å². The monoisotopic (exact) mass is 172 g/mol. The third kappa shape index (κ3) is 1.50. The maximum absolute atomic E-state index is 8.78. The van der Waals surface area contributed by atoms with Crippen LogP contribution >= 0.6 is 0 Å². The van der Waals surface area contributed by atoms with Crippen LogP contribution in [0.25, 0.3) is 0 Å². The fraction of sp³-hybridized carbons (Fsp3) is 0.364. The van der Waals surface area contributed by atoms with E-state index in [1.165, 1.54) is 16.8 Å². The van der Waals surface area contributed by atoms with Crippen LogP contribution in [0.1, 0.15) is 11.1 Å². The maximum atomic E-state index is 8.78. The van der Waals surface area contributed by atoms with Crippen LogP contribution in [0.5, 0.6) is 0 Å². The second-order valence-corrected chi connectivity index (χ2v) is 3.57. The molecule has 0 saturated heterocycles. The number of nitriles is 1. The molecular formula is C11H12N2. The van der Waals surface area contributed by atoms with Crippen LogP contribution in [-0.2, 0) is 6.42 Å². The lowest BCUT2D eigenvalue weighted by Crippen LogP contribution is -2.21. The number of benzene rings is 1. The first kappa shape index (κ1) is 8.12. The molecule has 2 rings (SSSR count). The van der Waals surface area contributed by atoms with Crippen molar-refractivity contribution in [2.24, 2.45) is 5.92 Å².